The molecule has 37 heteroatoms. The van der Waals surface area contributed by atoms with Gasteiger partial charge < -0.3 is 124 Å². The molecular formula is C51H86N18O19. The van der Waals surface area contributed by atoms with E-state index in [1.54, 1.807) is 0 Å². The van der Waals surface area contributed by atoms with E-state index in [4.69, 9.17) is 40.1 Å². The second-order valence-electron chi connectivity index (χ2n) is 20.2. The lowest BCUT2D eigenvalue weighted by molar-refractivity contribution is -0.143. The Hall–Kier alpha value is -9.04. The van der Waals surface area contributed by atoms with Crippen molar-refractivity contribution in [1.82, 2.24) is 47.9 Å². The summed E-state index contributed by atoms with van der Waals surface area (Å²) in [6.45, 7) is 0.0231. The summed E-state index contributed by atoms with van der Waals surface area (Å²) in [6.07, 6.45) is -5.48. The fourth-order valence-electron chi connectivity index (χ4n) is 7.94. The number of nitrogens with zero attached hydrogens (tertiary/aromatic N) is 2. The van der Waals surface area contributed by atoms with Crippen LogP contribution < -0.4 is 88.0 Å². The molecule has 0 bridgehead atoms. The first kappa shape index (κ1) is 77.0. The van der Waals surface area contributed by atoms with Crippen LogP contribution in [-0.2, 0) is 64.0 Å². The first-order valence-corrected chi connectivity index (χ1v) is 27.7. The molecule has 30 N–H and O–H groups in total. The number of nitrogens with two attached hydrogens (primary N) is 7. The highest BCUT2D eigenvalue weighted by Gasteiger charge is 2.38. The molecule has 88 heavy (non-hydrogen) atoms. The van der Waals surface area contributed by atoms with Gasteiger partial charge >= 0.3 is 11.9 Å². The largest absolute Gasteiger partial charge is 0.508 e. The predicted molar refractivity (Wildman–Crippen MR) is 310 cm³/mol. The number of primary amides is 1. The zero-order chi connectivity index (χ0) is 66.8. The topological polar surface area (TPSA) is 662 Å². The number of carboxylic acids is 2. The van der Waals surface area contributed by atoms with Crippen molar-refractivity contribution in [2.75, 3.05) is 32.8 Å². The van der Waals surface area contributed by atoms with E-state index >= 15 is 0 Å². The van der Waals surface area contributed by atoms with Crippen LogP contribution in [0.15, 0.2) is 34.3 Å². The number of phenols is 1. The monoisotopic (exact) mass is 1250 g/mol. The number of aromatic hydroxyl groups is 1. The van der Waals surface area contributed by atoms with Crippen molar-refractivity contribution in [3.05, 3.63) is 29.8 Å². The van der Waals surface area contributed by atoms with Gasteiger partial charge in [0.2, 0.25) is 59.1 Å². The van der Waals surface area contributed by atoms with Crippen LogP contribution in [0.4, 0.5) is 0 Å². The Kier molecular flexibility index (Phi) is 35.3. The van der Waals surface area contributed by atoms with Crippen LogP contribution in [0.25, 0.3) is 0 Å². The quantitative estimate of drug-likeness (QED) is 0.0164. The minimum absolute atomic E-state index is 0.0159. The maximum Gasteiger partial charge on any atom is 0.326 e. The Labute approximate surface area is 504 Å². The average molecular weight is 1260 g/mol. The van der Waals surface area contributed by atoms with Crippen molar-refractivity contribution in [3.63, 3.8) is 0 Å². The molecule has 0 unspecified atom stereocenters. The maximum atomic E-state index is 14.0. The van der Waals surface area contributed by atoms with Gasteiger partial charge in [-0.2, -0.15) is 0 Å². The third kappa shape index (κ3) is 29.9. The first-order chi connectivity index (χ1) is 41.3. The highest BCUT2D eigenvalue weighted by atomic mass is 16.4. The number of guanidine groups is 2. The normalized spacial score (nSPS) is 15.0. The highest BCUT2D eigenvalue weighted by molar-refractivity contribution is 5.99. The molecule has 37 nitrogen and oxygen atoms in total. The lowest BCUT2D eigenvalue weighted by Crippen LogP contribution is -2.63. The number of aliphatic hydroxyl groups excluding tert-OH is 4. The number of carbonyl (C=O) groups is 12. The lowest BCUT2D eigenvalue weighted by Gasteiger charge is -2.29. The van der Waals surface area contributed by atoms with E-state index in [-0.39, 0.29) is 68.4 Å². The SMILES string of the molecule is C[C@@H](O)[C@H](NC(=O)[C@H](CCCN=C(N)N)NC(=O)[C@@H](N)CCCCN)C(=O)N[C@H](C(=O)N[C@@H](CCC(N)=O)C(=O)N[C@@H](CO)C(=O)N[C@@H](Cc1ccc(O)cc1)C(=O)N[C@@H](CO)C(=O)N[C@@H](CCC(=O)O)C(=O)N[C@@H](CCCN=C(N)N)C(=O)O)[C@@H](C)O. The standard InChI is InChI=1S/C51H86N18O19/c1-24(72)38(69-48(86)39(25(2)73)68-43(81)29(8-5-19-59-50(55)56)61-40(78)28(53)7-3-4-18-52)47(85)63-30(14-16-36(54)75)42(80)66-35(23-71)46(84)65-33(21-26-10-12-27(74)13-11-26)44(82)67-34(22-70)45(83)62-31(15-17-37(76)77)41(79)64-32(49(87)88)9-6-20-60-51(57)58/h10-13,24-25,28-35,38-39,70-74H,3-9,14-23,52-53H2,1-2H3,(H2,54,75)(H,61,78)(H,62,83)(H,63,85)(H,64,79)(H,65,84)(H,66,80)(H,67,82)(H,68,81)(H,69,86)(H,76,77)(H,87,88)(H4,55,56,59)(H4,57,58,60)/t24-,25-,28+,29+,30+,31+,32+,33+,34+,35+,38+,39+/m1/s1. The Bertz CT molecular complexity index is 2570. The molecule has 0 aromatic heterocycles. The van der Waals surface area contributed by atoms with Crippen LogP contribution in [0.3, 0.4) is 0 Å². The molecule has 494 valence electrons. The molecule has 0 fully saturated rings. The summed E-state index contributed by atoms with van der Waals surface area (Å²) in [5.41, 5.74) is 38.5. The molecule has 0 saturated heterocycles. The molecule has 1 rings (SSSR count). The van der Waals surface area contributed by atoms with E-state index in [1.165, 1.54) is 24.3 Å². The van der Waals surface area contributed by atoms with E-state index < -0.39 is 189 Å². The van der Waals surface area contributed by atoms with Crippen molar-refractivity contribution >= 4 is 82.9 Å². The summed E-state index contributed by atoms with van der Waals surface area (Å²) in [7, 11) is 0. The van der Waals surface area contributed by atoms with Crippen molar-refractivity contribution in [3.8, 4) is 5.75 Å². The number of carbonyl (C=O) groups excluding carboxylic acids is 10. The molecule has 1 aromatic carbocycles. The van der Waals surface area contributed by atoms with Gasteiger partial charge in [-0.25, -0.2) is 4.79 Å². The Morgan fingerprint density at radius 1 is 0.466 bits per heavy atom. The highest BCUT2D eigenvalue weighted by Crippen LogP contribution is 2.13. The summed E-state index contributed by atoms with van der Waals surface area (Å²) in [6, 6.07) is -12.3. The molecule has 0 radical (unpaired) electrons. The van der Waals surface area contributed by atoms with Crippen molar-refractivity contribution in [2.45, 2.75) is 164 Å². The Balaban J connectivity index is 3.49. The van der Waals surface area contributed by atoms with Crippen molar-refractivity contribution in [2.24, 2.45) is 50.1 Å². The number of rotatable bonds is 43. The molecule has 0 aliphatic rings. The van der Waals surface area contributed by atoms with Gasteiger partial charge in [0.1, 0.15) is 60.1 Å². The van der Waals surface area contributed by atoms with Gasteiger partial charge in [-0.05, 0) is 89.5 Å². The number of aliphatic hydroxyl groups is 4. The summed E-state index contributed by atoms with van der Waals surface area (Å²) in [5, 5.41) is 91.2. The number of benzene rings is 1. The number of unbranched alkanes of at least 4 members (excludes halogenated alkanes) is 1. The van der Waals surface area contributed by atoms with Crippen LogP contribution in [0, 0.1) is 0 Å². The molecule has 0 aliphatic heterocycles. The van der Waals surface area contributed by atoms with Crippen LogP contribution in [-0.4, -0.2) is 224 Å². The number of phenolic OH excluding ortho intramolecular Hbond substituents is 1. The predicted octanol–water partition coefficient (Wildman–Crippen LogP) is -10.2. The molecule has 0 heterocycles. The number of hydrogen-bond acceptors (Lipinski definition) is 21. The van der Waals surface area contributed by atoms with Gasteiger partial charge in [-0.1, -0.05) is 18.6 Å². The van der Waals surface area contributed by atoms with Crippen molar-refractivity contribution in [1.29, 1.82) is 0 Å². The zero-order valence-electron chi connectivity index (χ0n) is 48.7. The van der Waals surface area contributed by atoms with E-state index in [1.807, 2.05) is 0 Å². The fourth-order valence-corrected chi connectivity index (χ4v) is 7.94. The zero-order valence-corrected chi connectivity index (χ0v) is 48.7. The van der Waals surface area contributed by atoms with E-state index in [0.29, 0.717) is 19.4 Å². The van der Waals surface area contributed by atoms with Gasteiger partial charge in [-0.3, -0.25) is 62.7 Å². The molecule has 10 amide bonds. The van der Waals surface area contributed by atoms with E-state index in [2.05, 4.69) is 57.8 Å². The number of hydrogen-bond donors (Lipinski definition) is 23. The second-order valence-corrected chi connectivity index (χ2v) is 20.2. The fraction of sp³-hybridized carbons (Fsp3) is 0.608. The van der Waals surface area contributed by atoms with Crippen LogP contribution in [0.5, 0.6) is 5.75 Å². The minimum Gasteiger partial charge on any atom is -0.508 e. The summed E-state index contributed by atoms with van der Waals surface area (Å²) >= 11 is 0. The third-order valence-electron chi connectivity index (χ3n) is 12.8. The van der Waals surface area contributed by atoms with Crippen LogP contribution >= 0.6 is 0 Å². The summed E-state index contributed by atoms with van der Waals surface area (Å²) < 4.78 is 0. The Morgan fingerprint density at radius 2 is 0.841 bits per heavy atom. The molecule has 1 aromatic rings. The number of amides is 10. The molecule has 12 atom stereocenters. The van der Waals surface area contributed by atoms with Crippen molar-refractivity contribution < 1.29 is 93.3 Å². The van der Waals surface area contributed by atoms with E-state index in [9.17, 15) is 93.3 Å². The first-order valence-electron chi connectivity index (χ1n) is 27.7. The number of nitrogens with one attached hydrogen (secondary N) is 9. The van der Waals surface area contributed by atoms with Gasteiger partial charge in [0, 0.05) is 32.4 Å². The van der Waals surface area contributed by atoms with Gasteiger partial charge in [-0.15, -0.1) is 0 Å². The number of aliphatic carboxylic acids is 2. The third-order valence-corrected chi connectivity index (χ3v) is 12.8. The molecular weight excluding hydrogens is 1170 g/mol. The van der Waals surface area contributed by atoms with E-state index in [0.717, 1.165) is 13.8 Å². The summed E-state index contributed by atoms with van der Waals surface area (Å²) in [5.74, 6) is -15.4. The number of aliphatic imine (C=N–C) groups is 2. The maximum absolute atomic E-state index is 14.0. The van der Waals surface area contributed by atoms with Gasteiger partial charge in [0.05, 0.1) is 31.5 Å². The summed E-state index contributed by atoms with van der Waals surface area (Å²) in [4.78, 5) is 166. The Morgan fingerprint density at radius 3 is 1.28 bits per heavy atom. The lowest BCUT2D eigenvalue weighted by atomic mass is 10.0. The van der Waals surface area contributed by atoms with Gasteiger partial charge in [0.15, 0.2) is 11.9 Å². The number of carboxylic acid groups (broad SMARTS) is 2. The van der Waals surface area contributed by atoms with Gasteiger partial charge in [0.25, 0.3) is 0 Å². The second kappa shape index (κ2) is 40.4. The minimum atomic E-state index is -2.02. The molecule has 0 aliphatic carbocycles. The molecule has 0 saturated carbocycles. The van der Waals surface area contributed by atoms with Crippen LogP contribution in [0.1, 0.15) is 90.0 Å². The van der Waals surface area contributed by atoms with Crippen LogP contribution in [0.2, 0.25) is 0 Å². The smallest absolute Gasteiger partial charge is 0.326 e. The average Bonchev–Trinajstić information content (AvgIpc) is 3.61. The molecule has 0 spiro atoms.